The molecule has 42 heavy (non-hydrogen) atoms. The number of hydrogen-bond donors (Lipinski definition) is 1. The number of pyridine rings is 1. The number of aliphatic hydroxyl groups is 1. The fraction of sp³-hybridized carbons (Fsp3) is 0.405. The minimum absolute atomic E-state index is 0. The van der Waals surface area contributed by atoms with E-state index in [1.807, 2.05) is 52.9 Å². The quantitative estimate of drug-likeness (QED) is 0.0803. The van der Waals surface area contributed by atoms with Crippen molar-refractivity contribution in [3.63, 3.8) is 0 Å². The van der Waals surface area contributed by atoms with E-state index >= 15 is 0 Å². The summed E-state index contributed by atoms with van der Waals surface area (Å²) in [6.07, 6.45) is 6.76. The van der Waals surface area contributed by atoms with Gasteiger partial charge in [-0.05, 0) is 82.6 Å². The van der Waals surface area contributed by atoms with Crippen LogP contribution in [0.15, 0.2) is 60.5 Å². The van der Waals surface area contributed by atoms with Crippen LogP contribution in [0.1, 0.15) is 89.8 Å². The molecule has 1 aromatic heterocycles. The molecule has 0 bridgehead atoms. The average molecular weight is 747 g/mol. The van der Waals surface area contributed by atoms with Crippen molar-refractivity contribution in [2.24, 2.45) is 11.8 Å². The van der Waals surface area contributed by atoms with Gasteiger partial charge in [0.2, 0.25) is 0 Å². The summed E-state index contributed by atoms with van der Waals surface area (Å²) < 4.78 is 14.0. The van der Waals surface area contributed by atoms with Crippen molar-refractivity contribution in [1.29, 1.82) is 0 Å². The molecule has 0 saturated carbocycles. The number of ketones is 1. The summed E-state index contributed by atoms with van der Waals surface area (Å²) in [6, 6.07) is 16.9. The van der Waals surface area contributed by atoms with Crippen molar-refractivity contribution in [2.45, 2.75) is 87.0 Å². The number of aryl methyl sites for hydroxylation is 2. The third-order valence-corrected chi connectivity index (χ3v) is 7.96. The van der Waals surface area contributed by atoms with Crippen LogP contribution in [0, 0.1) is 37.6 Å². The van der Waals surface area contributed by atoms with Gasteiger partial charge in [0.15, 0.2) is 5.78 Å². The van der Waals surface area contributed by atoms with Gasteiger partial charge in [-0.2, -0.15) is 0 Å². The van der Waals surface area contributed by atoms with E-state index in [1.54, 1.807) is 6.07 Å². The molecular formula is C37H45FIrNO2-. The molecule has 3 nitrogen and oxygen atoms in total. The molecule has 0 atom stereocenters. The molecule has 0 aliphatic carbocycles. The molecule has 227 valence electrons. The molecule has 4 aromatic rings. The molecule has 5 heteroatoms. The Bertz CT molecular complexity index is 1510. The largest absolute Gasteiger partial charge is 0.512 e. The number of carbonyl (C=O) groups excluding carboxylic acids is 1. The number of aliphatic hydroxyl groups excluding tert-OH is 1. The van der Waals surface area contributed by atoms with Crippen LogP contribution in [-0.4, -0.2) is 15.9 Å². The van der Waals surface area contributed by atoms with E-state index in [9.17, 15) is 14.3 Å². The fourth-order valence-corrected chi connectivity index (χ4v) is 5.58. The molecule has 1 heterocycles. The Kier molecular flexibility index (Phi) is 13.5. The molecule has 0 saturated heterocycles. The summed E-state index contributed by atoms with van der Waals surface area (Å²) in [4.78, 5) is 16.4. The summed E-state index contributed by atoms with van der Waals surface area (Å²) in [5, 5.41) is 14.0. The standard InChI is InChI=1S/C24H21FN.C13H24O2.Ir/c1-14(2)21-12-17-7-8-26-24(18-10-15(3)9-16(4)11-18)23(17)20-6-5-19(25)13-22(20)21;1-5-10(6-2)12(14)9-13(15)11(7-3)8-4;/h5-10,12-14H,1-4H3;9-11,14H,5-8H2,1-4H3;/q-1;;/b;12-9-;. The average Bonchev–Trinajstić information content (AvgIpc) is 2.93. The first kappa shape index (κ1) is 35.3. The minimum atomic E-state index is -0.206. The molecular weight excluding hydrogens is 702 g/mol. The second kappa shape index (κ2) is 16.1. The van der Waals surface area contributed by atoms with Crippen LogP contribution >= 0.6 is 0 Å². The number of fused-ring (bicyclic) bond motifs is 3. The van der Waals surface area contributed by atoms with Crippen molar-refractivity contribution >= 4 is 27.3 Å². The predicted molar refractivity (Wildman–Crippen MR) is 171 cm³/mol. The van der Waals surface area contributed by atoms with Crippen LogP contribution in [0.2, 0.25) is 0 Å². The van der Waals surface area contributed by atoms with Crippen LogP contribution in [0.4, 0.5) is 4.39 Å². The summed E-state index contributed by atoms with van der Waals surface area (Å²) in [5.41, 5.74) is 5.32. The molecule has 3 aromatic carbocycles. The first-order chi connectivity index (χ1) is 19.5. The summed E-state index contributed by atoms with van der Waals surface area (Å²) >= 11 is 0. The van der Waals surface area contributed by atoms with E-state index in [0.717, 1.165) is 69.6 Å². The molecule has 1 N–H and O–H groups in total. The monoisotopic (exact) mass is 747 g/mol. The molecule has 1 radical (unpaired) electrons. The Labute approximate surface area is 265 Å². The Morgan fingerprint density at radius 2 is 1.57 bits per heavy atom. The Balaban J connectivity index is 0.000000334. The van der Waals surface area contributed by atoms with Gasteiger partial charge in [0, 0.05) is 44.2 Å². The van der Waals surface area contributed by atoms with Crippen molar-refractivity contribution in [2.75, 3.05) is 0 Å². The van der Waals surface area contributed by atoms with Gasteiger partial charge in [-0.1, -0.05) is 67.5 Å². The predicted octanol–water partition coefficient (Wildman–Crippen LogP) is 10.6. The van der Waals surface area contributed by atoms with Crippen LogP contribution in [0.5, 0.6) is 0 Å². The van der Waals surface area contributed by atoms with E-state index < -0.39 is 0 Å². The molecule has 0 aliphatic rings. The SMILES string of the molecule is CCC(CC)C(=O)/C=C(\O)C(CC)CC.Cc1[c-]c(-c2nccc3cc(C(C)C)c4cc(F)ccc4c23)cc(C)c1.[Ir]. The Morgan fingerprint density at radius 1 is 0.929 bits per heavy atom. The zero-order valence-electron chi connectivity index (χ0n) is 26.3. The van der Waals surface area contributed by atoms with Crippen molar-refractivity contribution in [3.8, 4) is 11.3 Å². The van der Waals surface area contributed by atoms with E-state index in [1.165, 1.54) is 17.7 Å². The number of rotatable bonds is 9. The van der Waals surface area contributed by atoms with Crippen molar-refractivity contribution in [3.05, 3.63) is 89.1 Å². The number of halogens is 1. The van der Waals surface area contributed by atoms with Gasteiger partial charge in [-0.15, -0.1) is 34.9 Å². The van der Waals surface area contributed by atoms with Gasteiger partial charge in [0.05, 0.1) is 5.76 Å². The topological polar surface area (TPSA) is 50.2 Å². The van der Waals surface area contributed by atoms with Crippen molar-refractivity contribution in [1.82, 2.24) is 4.98 Å². The normalized spacial score (nSPS) is 11.7. The zero-order valence-corrected chi connectivity index (χ0v) is 28.7. The molecule has 0 aliphatic heterocycles. The van der Waals surface area contributed by atoms with E-state index in [4.69, 9.17) is 0 Å². The number of allylic oxidation sites excluding steroid dienone is 2. The third-order valence-electron chi connectivity index (χ3n) is 7.96. The third kappa shape index (κ3) is 8.36. The van der Waals surface area contributed by atoms with Crippen LogP contribution in [0.25, 0.3) is 32.8 Å². The second-order valence-corrected chi connectivity index (χ2v) is 11.3. The Hall–Kier alpha value is -2.88. The Morgan fingerprint density at radius 3 is 2.14 bits per heavy atom. The van der Waals surface area contributed by atoms with Crippen molar-refractivity contribution < 1.29 is 34.4 Å². The molecule has 0 unspecified atom stereocenters. The van der Waals surface area contributed by atoms with E-state index in [2.05, 4.69) is 50.0 Å². The van der Waals surface area contributed by atoms with E-state index in [0.29, 0.717) is 5.92 Å². The summed E-state index contributed by atoms with van der Waals surface area (Å²) in [7, 11) is 0. The molecule has 0 spiro atoms. The number of hydrogen-bond acceptors (Lipinski definition) is 3. The second-order valence-electron chi connectivity index (χ2n) is 11.3. The van der Waals surface area contributed by atoms with Gasteiger partial charge in [0.25, 0.3) is 0 Å². The summed E-state index contributed by atoms with van der Waals surface area (Å²) in [5.74, 6) is 0.654. The first-order valence-corrected chi connectivity index (χ1v) is 15.0. The van der Waals surface area contributed by atoms with Gasteiger partial charge < -0.3 is 10.1 Å². The zero-order chi connectivity index (χ0) is 30.3. The number of aromatic nitrogens is 1. The summed E-state index contributed by atoms with van der Waals surface area (Å²) in [6.45, 7) is 16.5. The minimum Gasteiger partial charge on any atom is -0.512 e. The maximum atomic E-state index is 14.0. The molecule has 4 rings (SSSR count). The number of benzene rings is 3. The first-order valence-electron chi connectivity index (χ1n) is 15.0. The maximum Gasteiger partial charge on any atom is 0.162 e. The number of nitrogens with zero attached hydrogens (tertiary/aromatic N) is 1. The van der Waals surface area contributed by atoms with Crippen LogP contribution in [-0.2, 0) is 24.9 Å². The molecule has 0 fully saturated rings. The maximum absolute atomic E-state index is 14.0. The van der Waals surface area contributed by atoms with Gasteiger partial charge in [-0.3, -0.25) is 4.79 Å². The van der Waals surface area contributed by atoms with Crippen LogP contribution < -0.4 is 0 Å². The fourth-order valence-electron chi connectivity index (χ4n) is 5.58. The smallest absolute Gasteiger partial charge is 0.162 e. The van der Waals surface area contributed by atoms with Crippen LogP contribution in [0.3, 0.4) is 0 Å². The number of carbonyl (C=O) groups is 1. The van der Waals surface area contributed by atoms with Gasteiger partial charge in [-0.25, -0.2) is 4.39 Å². The van der Waals surface area contributed by atoms with Gasteiger partial charge in [0.1, 0.15) is 5.82 Å². The van der Waals surface area contributed by atoms with Gasteiger partial charge >= 0.3 is 0 Å². The molecule has 0 amide bonds. The van der Waals surface area contributed by atoms with E-state index in [-0.39, 0.29) is 49.3 Å².